The predicted molar refractivity (Wildman–Crippen MR) is 114 cm³/mol. The predicted octanol–water partition coefficient (Wildman–Crippen LogP) is 2.00. The van der Waals surface area contributed by atoms with Crippen LogP contribution in [0.25, 0.3) is 0 Å². The van der Waals surface area contributed by atoms with Crippen LogP contribution < -0.4 is 11.0 Å². The molecule has 1 saturated heterocycles. The standard InChI is InChI=1S/C23H21N3O6/c27-17-13-20(32-18(17)14-31-22(29)16-9-5-2-6-10-16)26-12-11-19(25-23(26)30)24-21(28)15-7-3-1-4-8-15/h1-12,17-18,20,27H,13-14H2,(H,24,25,28,30)/t17-,18-,20-/m1/s1. The zero-order chi connectivity index (χ0) is 22.5. The Kier molecular flexibility index (Phi) is 6.39. The van der Waals surface area contributed by atoms with Crippen molar-refractivity contribution in [1.82, 2.24) is 9.55 Å². The number of hydrogen-bond donors (Lipinski definition) is 2. The van der Waals surface area contributed by atoms with Crippen LogP contribution in [0, 0.1) is 0 Å². The van der Waals surface area contributed by atoms with Crippen molar-refractivity contribution >= 4 is 17.7 Å². The fraction of sp³-hybridized carbons (Fsp3) is 0.217. The van der Waals surface area contributed by atoms with Crippen LogP contribution in [0.1, 0.15) is 33.4 Å². The third-order valence-corrected chi connectivity index (χ3v) is 5.01. The Labute approximate surface area is 183 Å². The number of nitrogens with one attached hydrogen (secondary N) is 1. The van der Waals surface area contributed by atoms with Crippen molar-refractivity contribution in [3.8, 4) is 0 Å². The lowest BCUT2D eigenvalue weighted by atomic mass is 10.2. The molecule has 0 spiro atoms. The molecular weight excluding hydrogens is 414 g/mol. The van der Waals surface area contributed by atoms with Crippen LogP contribution >= 0.6 is 0 Å². The molecule has 0 aliphatic carbocycles. The summed E-state index contributed by atoms with van der Waals surface area (Å²) in [7, 11) is 0. The SMILES string of the molecule is O=C(Nc1ccn([C@H]2C[C@@H](O)[C@@H](COC(=O)c3ccccc3)O2)c(=O)n1)c1ccccc1. The molecule has 0 radical (unpaired) electrons. The highest BCUT2D eigenvalue weighted by Crippen LogP contribution is 2.28. The number of rotatable bonds is 6. The van der Waals surface area contributed by atoms with Gasteiger partial charge in [0.15, 0.2) is 0 Å². The lowest BCUT2D eigenvalue weighted by Crippen LogP contribution is -2.29. The second-order valence-electron chi connectivity index (χ2n) is 7.22. The van der Waals surface area contributed by atoms with E-state index >= 15 is 0 Å². The molecule has 1 aromatic heterocycles. The van der Waals surface area contributed by atoms with Gasteiger partial charge >= 0.3 is 11.7 Å². The molecule has 2 aromatic carbocycles. The van der Waals surface area contributed by atoms with Crippen molar-refractivity contribution in [3.63, 3.8) is 0 Å². The zero-order valence-electron chi connectivity index (χ0n) is 17.0. The van der Waals surface area contributed by atoms with E-state index in [2.05, 4.69) is 10.3 Å². The van der Waals surface area contributed by atoms with Crippen LogP contribution in [-0.4, -0.2) is 45.3 Å². The first-order valence-electron chi connectivity index (χ1n) is 10.0. The van der Waals surface area contributed by atoms with Gasteiger partial charge in [-0.3, -0.25) is 9.36 Å². The summed E-state index contributed by atoms with van der Waals surface area (Å²) in [6.07, 6.45) is -0.912. The molecule has 9 nitrogen and oxygen atoms in total. The second-order valence-corrected chi connectivity index (χ2v) is 7.22. The first-order chi connectivity index (χ1) is 15.5. The number of nitrogens with zero attached hydrogens (tertiary/aromatic N) is 2. The number of esters is 1. The summed E-state index contributed by atoms with van der Waals surface area (Å²) in [4.78, 5) is 40.6. The van der Waals surface area contributed by atoms with Gasteiger partial charge in [-0.25, -0.2) is 9.59 Å². The highest BCUT2D eigenvalue weighted by Gasteiger charge is 2.36. The second kappa shape index (κ2) is 9.54. The number of aliphatic hydroxyl groups excluding tert-OH is 1. The van der Waals surface area contributed by atoms with Crippen LogP contribution in [0.4, 0.5) is 5.82 Å². The molecule has 0 bridgehead atoms. The molecule has 1 aliphatic heterocycles. The van der Waals surface area contributed by atoms with Gasteiger partial charge < -0.3 is 19.9 Å². The Morgan fingerprint density at radius 2 is 1.72 bits per heavy atom. The lowest BCUT2D eigenvalue weighted by Gasteiger charge is -2.16. The van der Waals surface area contributed by atoms with Gasteiger partial charge in [0.1, 0.15) is 24.8 Å². The monoisotopic (exact) mass is 435 g/mol. The van der Waals surface area contributed by atoms with Crippen LogP contribution in [0.5, 0.6) is 0 Å². The minimum Gasteiger partial charge on any atom is -0.459 e. The van der Waals surface area contributed by atoms with Gasteiger partial charge in [-0.15, -0.1) is 0 Å². The highest BCUT2D eigenvalue weighted by atomic mass is 16.6. The first kappa shape index (κ1) is 21.4. The first-order valence-corrected chi connectivity index (χ1v) is 10.0. The quantitative estimate of drug-likeness (QED) is 0.568. The van der Waals surface area contributed by atoms with Crippen molar-refractivity contribution in [2.75, 3.05) is 11.9 Å². The maximum absolute atomic E-state index is 12.5. The molecule has 2 heterocycles. The van der Waals surface area contributed by atoms with Gasteiger partial charge in [0.2, 0.25) is 0 Å². The molecule has 0 saturated carbocycles. The van der Waals surface area contributed by atoms with E-state index in [9.17, 15) is 19.5 Å². The molecule has 3 aromatic rings. The van der Waals surface area contributed by atoms with Crippen LogP contribution in [0.3, 0.4) is 0 Å². The minimum atomic E-state index is -0.923. The normalized spacial score (nSPS) is 20.0. The summed E-state index contributed by atoms with van der Waals surface area (Å²) in [5.41, 5.74) is 0.189. The molecule has 1 fully saturated rings. The van der Waals surface area contributed by atoms with E-state index < -0.39 is 30.1 Å². The largest absolute Gasteiger partial charge is 0.459 e. The number of carbonyl (C=O) groups is 2. The summed E-state index contributed by atoms with van der Waals surface area (Å²) >= 11 is 0. The third kappa shape index (κ3) is 4.90. The van der Waals surface area contributed by atoms with Gasteiger partial charge in [-0.2, -0.15) is 4.98 Å². The number of anilines is 1. The minimum absolute atomic E-state index is 0.104. The van der Waals surface area contributed by atoms with Crippen LogP contribution in [0.15, 0.2) is 77.7 Å². The van der Waals surface area contributed by atoms with E-state index in [1.807, 2.05) is 0 Å². The zero-order valence-corrected chi connectivity index (χ0v) is 17.0. The fourth-order valence-corrected chi connectivity index (χ4v) is 3.33. The topological polar surface area (TPSA) is 120 Å². The maximum Gasteiger partial charge on any atom is 0.351 e. The number of ether oxygens (including phenoxy) is 2. The molecular formula is C23H21N3O6. The van der Waals surface area contributed by atoms with E-state index in [4.69, 9.17) is 9.47 Å². The average Bonchev–Trinajstić information content (AvgIpc) is 3.18. The molecule has 9 heteroatoms. The number of aliphatic hydroxyl groups is 1. The van der Waals surface area contributed by atoms with Crippen molar-refractivity contribution in [1.29, 1.82) is 0 Å². The summed E-state index contributed by atoms with van der Waals surface area (Å²) in [5, 5.41) is 12.9. The van der Waals surface area contributed by atoms with Crippen molar-refractivity contribution < 1.29 is 24.2 Å². The smallest absolute Gasteiger partial charge is 0.351 e. The molecule has 0 unspecified atom stereocenters. The van der Waals surface area contributed by atoms with Crippen molar-refractivity contribution in [2.45, 2.75) is 24.9 Å². The average molecular weight is 435 g/mol. The Balaban J connectivity index is 1.37. The number of benzene rings is 2. The van der Waals surface area contributed by atoms with Gasteiger partial charge in [0, 0.05) is 18.2 Å². The molecule has 1 amide bonds. The number of aromatic nitrogens is 2. The van der Waals surface area contributed by atoms with E-state index in [1.54, 1.807) is 60.7 Å². The Morgan fingerprint density at radius 1 is 1.06 bits per heavy atom. The van der Waals surface area contributed by atoms with E-state index in [0.29, 0.717) is 11.1 Å². The number of amides is 1. The number of hydrogen-bond acceptors (Lipinski definition) is 7. The lowest BCUT2D eigenvalue weighted by molar-refractivity contribution is -0.0531. The van der Waals surface area contributed by atoms with E-state index in [0.717, 1.165) is 0 Å². The van der Waals surface area contributed by atoms with Crippen LogP contribution in [-0.2, 0) is 9.47 Å². The van der Waals surface area contributed by atoms with Gasteiger partial charge in [0.05, 0.1) is 11.7 Å². The van der Waals surface area contributed by atoms with E-state index in [-0.39, 0.29) is 24.8 Å². The molecule has 4 rings (SSSR count). The summed E-state index contributed by atoms with van der Waals surface area (Å²) < 4.78 is 12.2. The summed E-state index contributed by atoms with van der Waals surface area (Å²) in [6.45, 7) is -0.154. The maximum atomic E-state index is 12.5. The summed E-state index contributed by atoms with van der Waals surface area (Å²) in [6, 6.07) is 18.5. The van der Waals surface area contributed by atoms with Gasteiger partial charge in [0.25, 0.3) is 5.91 Å². The third-order valence-electron chi connectivity index (χ3n) is 5.01. The van der Waals surface area contributed by atoms with Gasteiger partial charge in [-0.05, 0) is 30.3 Å². The summed E-state index contributed by atoms with van der Waals surface area (Å²) in [5.74, 6) is -0.808. The molecule has 164 valence electrons. The Morgan fingerprint density at radius 3 is 2.38 bits per heavy atom. The van der Waals surface area contributed by atoms with Crippen molar-refractivity contribution in [2.24, 2.45) is 0 Å². The van der Waals surface area contributed by atoms with Gasteiger partial charge in [-0.1, -0.05) is 36.4 Å². The van der Waals surface area contributed by atoms with E-state index in [1.165, 1.54) is 16.8 Å². The molecule has 3 atom stereocenters. The highest BCUT2D eigenvalue weighted by molar-refractivity contribution is 6.03. The molecule has 32 heavy (non-hydrogen) atoms. The molecule has 1 aliphatic rings. The van der Waals surface area contributed by atoms with Crippen LogP contribution in [0.2, 0.25) is 0 Å². The molecule has 2 N–H and O–H groups in total. The fourth-order valence-electron chi connectivity index (χ4n) is 3.33. The Hall–Kier alpha value is -3.82. The number of carbonyl (C=O) groups excluding carboxylic acids is 2. The Bertz CT molecular complexity index is 1150. The van der Waals surface area contributed by atoms with Crippen molar-refractivity contribution in [3.05, 3.63) is 94.5 Å².